The first-order valence-electron chi connectivity index (χ1n) is 12.3. The normalized spacial score (nSPS) is 19.9. The van der Waals surface area contributed by atoms with Gasteiger partial charge in [0.1, 0.15) is 5.82 Å². The molecule has 0 bridgehead atoms. The molecule has 1 amide bonds. The molecule has 2 aliphatic rings. The van der Waals surface area contributed by atoms with Gasteiger partial charge in [0.05, 0.1) is 11.9 Å². The number of carbonyl (C=O) groups is 1. The second-order valence-electron chi connectivity index (χ2n) is 9.89. The Morgan fingerprint density at radius 1 is 1.11 bits per heavy atom. The summed E-state index contributed by atoms with van der Waals surface area (Å²) in [6.45, 7) is 6.31. The van der Waals surface area contributed by atoms with Crippen LogP contribution in [-0.2, 0) is 23.1 Å². The molecule has 0 radical (unpaired) electrons. The summed E-state index contributed by atoms with van der Waals surface area (Å²) in [5.41, 5.74) is 4.76. The van der Waals surface area contributed by atoms with Crippen LogP contribution in [0.5, 0.6) is 0 Å². The first-order chi connectivity index (χ1) is 17.6. The lowest BCUT2D eigenvalue weighted by Crippen LogP contribution is -2.50. The Hall–Kier alpha value is -3.57. The molecule has 37 heavy (non-hydrogen) atoms. The summed E-state index contributed by atoms with van der Waals surface area (Å²) in [6, 6.07) is 11.6. The fourth-order valence-electron chi connectivity index (χ4n) is 5.02. The predicted octanol–water partition coefficient (Wildman–Crippen LogP) is 3.30. The quantitative estimate of drug-likeness (QED) is 0.507. The second-order valence-corrected chi connectivity index (χ2v) is 11.6. The Bertz CT molecular complexity index is 1410. The number of nitrogens with zero attached hydrogens (tertiary/aromatic N) is 5. The van der Waals surface area contributed by atoms with Crippen molar-refractivity contribution in [2.24, 2.45) is 0 Å². The Labute approximate surface area is 217 Å². The molecule has 3 aromatic rings. The summed E-state index contributed by atoms with van der Waals surface area (Å²) in [5.74, 6) is 0.621. The molecule has 0 saturated carbocycles. The van der Waals surface area contributed by atoms with Crippen molar-refractivity contribution in [1.82, 2.24) is 24.8 Å². The highest BCUT2D eigenvalue weighted by Gasteiger charge is 2.35. The molecule has 1 fully saturated rings. The number of hydrogen-bond donors (Lipinski definition) is 2. The van der Waals surface area contributed by atoms with Crippen LogP contribution in [0.4, 0.5) is 17.5 Å². The van der Waals surface area contributed by atoms with Crippen LogP contribution in [-0.4, -0.2) is 64.0 Å². The van der Waals surface area contributed by atoms with E-state index in [2.05, 4.69) is 50.9 Å². The molecule has 2 atom stereocenters. The summed E-state index contributed by atoms with van der Waals surface area (Å²) in [4.78, 5) is 30.8. The van der Waals surface area contributed by atoms with Gasteiger partial charge >= 0.3 is 0 Å². The SMILES string of the molecule is Cc1ccc(Nc2ncc3c(n2)CN([C@@H]2CCN(C(=O)c4ccnc(NS(C)(=O)=O)c4)[C@H](C)C2)C3)cc1. The molecule has 5 rings (SSSR count). The number of aryl methyl sites for hydroxylation is 1. The summed E-state index contributed by atoms with van der Waals surface area (Å²) < 4.78 is 25.4. The number of piperidine rings is 1. The zero-order valence-corrected chi connectivity index (χ0v) is 22.0. The highest BCUT2D eigenvalue weighted by Crippen LogP contribution is 2.31. The van der Waals surface area contributed by atoms with Crippen molar-refractivity contribution >= 4 is 33.4 Å². The summed E-state index contributed by atoms with van der Waals surface area (Å²) in [5, 5.41) is 3.29. The molecular weight excluding hydrogens is 490 g/mol. The Balaban J connectivity index is 1.20. The van der Waals surface area contributed by atoms with E-state index in [1.807, 2.05) is 23.2 Å². The number of aromatic nitrogens is 3. The molecule has 2 aliphatic heterocycles. The number of fused-ring (bicyclic) bond motifs is 1. The van der Waals surface area contributed by atoms with E-state index in [0.717, 1.165) is 49.1 Å². The number of amides is 1. The van der Waals surface area contributed by atoms with Crippen LogP contribution >= 0.6 is 0 Å². The largest absolute Gasteiger partial charge is 0.336 e. The van der Waals surface area contributed by atoms with Crippen molar-refractivity contribution in [3.05, 3.63) is 71.2 Å². The first-order valence-corrected chi connectivity index (χ1v) is 14.2. The number of pyridine rings is 1. The number of carbonyl (C=O) groups excluding carboxylic acids is 1. The molecule has 0 unspecified atom stereocenters. The van der Waals surface area contributed by atoms with Crippen LogP contribution < -0.4 is 10.0 Å². The number of rotatable bonds is 6. The lowest BCUT2D eigenvalue weighted by molar-refractivity contribution is 0.0460. The number of benzene rings is 1. The number of nitrogens with one attached hydrogen (secondary N) is 2. The number of hydrogen-bond acceptors (Lipinski definition) is 8. The van der Waals surface area contributed by atoms with Crippen LogP contribution in [0.25, 0.3) is 0 Å². The van der Waals surface area contributed by atoms with Gasteiger partial charge in [0.25, 0.3) is 5.91 Å². The molecule has 1 saturated heterocycles. The van der Waals surface area contributed by atoms with Gasteiger partial charge in [-0.2, -0.15) is 0 Å². The van der Waals surface area contributed by atoms with Crippen LogP contribution in [0.15, 0.2) is 48.8 Å². The minimum Gasteiger partial charge on any atom is -0.336 e. The van der Waals surface area contributed by atoms with Gasteiger partial charge in [-0.05, 0) is 51.0 Å². The first kappa shape index (κ1) is 25.1. The number of sulfonamides is 1. The van der Waals surface area contributed by atoms with Gasteiger partial charge in [0.2, 0.25) is 16.0 Å². The second kappa shape index (κ2) is 10.1. The molecule has 1 aromatic carbocycles. The van der Waals surface area contributed by atoms with Gasteiger partial charge in [-0.1, -0.05) is 17.7 Å². The van der Waals surface area contributed by atoms with E-state index in [0.29, 0.717) is 24.1 Å². The van der Waals surface area contributed by atoms with Gasteiger partial charge in [-0.3, -0.25) is 14.4 Å². The van der Waals surface area contributed by atoms with E-state index < -0.39 is 10.0 Å². The molecule has 2 N–H and O–H groups in total. The van der Waals surface area contributed by atoms with Gasteiger partial charge < -0.3 is 10.2 Å². The van der Waals surface area contributed by atoms with E-state index in [-0.39, 0.29) is 17.8 Å². The third kappa shape index (κ3) is 5.89. The number of anilines is 3. The van der Waals surface area contributed by atoms with Crippen LogP contribution in [0, 0.1) is 6.92 Å². The maximum Gasteiger partial charge on any atom is 0.254 e. The molecule has 194 valence electrons. The van der Waals surface area contributed by atoms with Crippen molar-refractivity contribution in [1.29, 1.82) is 0 Å². The van der Waals surface area contributed by atoms with Gasteiger partial charge in [-0.25, -0.2) is 23.4 Å². The van der Waals surface area contributed by atoms with E-state index in [1.54, 1.807) is 6.07 Å². The lowest BCUT2D eigenvalue weighted by atomic mass is 9.96. The van der Waals surface area contributed by atoms with Gasteiger partial charge in [-0.15, -0.1) is 0 Å². The monoisotopic (exact) mass is 521 g/mol. The molecule has 11 heteroatoms. The summed E-state index contributed by atoms with van der Waals surface area (Å²) >= 11 is 0. The third-order valence-corrected chi connectivity index (χ3v) is 7.49. The fourth-order valence-corrected chi connectivity index (χ4v) is 5.51. The van der Waals surface area contributed by atoms with E-state index in [9.17, 15) is 13.2 Å². The smallest absolute Gasteiger partial charge is 0.254 e. The average molecular weight is 522 g/mol. The highest BCUT2D eigenvalue weighted by molar-refractivity contribution is 7.92. The van der Waals surface area contributed by atoms with Crippen molar-refractivity contribution < 1.29 is 13.2 Å². The molecule has 4 heterocycles. The Morgan fingerprint density at radius 2 is 1.89 bits per heavy atom. The summed E-state index contributed by atoms with van der Waals surface area (Å²) in [6.07, 6.45) is 6.11. The van der Waals surface area contributed by atoms with Crippen molar-refractivity contribution in [2.45, 2.75) is 51.9 Å². The number of likely N-dealkylation sites (tertiary alicyclic amines) is 1. The molecular formula is C26H31N7O3S. The average Bonchev–Trinajstić information content (AvgIpc) is 3.28. The minimum atomic E-state index is -3.47. The lowest BCUT2D eigenvalue weighted by Gasteiger charge is -2.41. The Kier molecular flexibility index (Phi) is 6.82. The van der Waals surface area contributed by atoms with Crippen molar-refractivity contribution in [2.75, 3.05) is 22.8 Å². The maximum atomic E-state index is 13.2. The molecule has 0 spiro atoms. The highest BCUT2D eigenvalue weighted by atomic mass is 32.2. The van der Waals surface area contributed by atoms with Gasteiger partial charge in [0.15, 0.2) is 0 Å². The van der Waals surface area contributed by atoms with Crippen LogP contribution in [0.2, 0.25) is 0 Å². The van der Waals surface area contributed by atoms with E-state index >= 15 is 0 Å². The topological polar surface area (TPSA) is 120 Å². The molecule has 0 aliphatic carbocycles. The predicted molar refractivity (Wildman–Crippen MR) is 142 cm³/mol. The molecule has 10 nitrogen and oxygen atoms in total. The van der Waals surface area contributed by atoms with E-state index in [4.69, 9.17) is 4.98 Å². The summed E-state index contributed by atoms with van der Waals surface area (Å²) in [7, 11) is -3.47. The van der Waals surface area contributed by atoms with Crippen molar-refractivity contribution in [3.8, 4) is 0 Å². The Morgan fingerprint density at radius 3 is 2.62 bits per heavy atom. The van der Waals surface area contributed by atoms with Crippen LogP contribution in [0.1, 0.15) is 46.9 Å². The maximum absolute atomic E-state index is 13.2. The van der Waals surface area contributed by atoms with Crippen molar-refractivity contribution in [3.63, 3.8) is 0 Å². The fraction of sp³-hybridized carbons (Fsp3) is 0.385. The minimum absolute atomic E-state index is 0.0410. The van der Waals surface area contributed by atoms with E-state index in [1.165, 1.54) is 17.8 Å². The van der Waals surface area contributed by atoms with Gasteiger partial charge in [0, 0.05) is 60.9 Å². The third-order valence-electron chi connectivity index (χ3n) is 6.91. The zero-order valence-electron chi connectivity index (χ0n) is 21.2. The zero-order chi connectivity index (χ0) is 26.2. The standard InChI is InChI=1S/C26H31N7O3S/c1-17-4-6-21(7-5-17)29-26-28-14-20-15-32(16-23(20)30-26)22-9-11-33(18(2)12-22)25(34)19-8-10-27-24(13-19)31-37(3,35)36/h4-8,10,13-14,18,22H,9,11-12,15-16H2,1-3H3,(H,27,31)(H,28,29,30)/t18-,22-/m1/s1. The molecule has 2 aromatic heterocycles. The van der Waals surface area contributed by atoms with Crippen LogP contribution in [0.3, 0.4) is 0 Å².